The molecule has 6 atom stereocenters. The Hall–Kier alpha value is -2.67. The van der Waals surface area contributed by atoms with Gasteiger partial charge in [0.05, 0.1) is 24.5 Å². The lowest BCUT2D eigenvalue weighted by Crippen LogP contribution is -2.52. The van der Waals surface area contributed by atoms with Crippen molar-refractivity contribution in [3.8, 4) is 0 Å². The summed E-state index contributed by atoms with van der Waals surface area (Å²) in [5.74, 6) is -2.47. The molecule has 0 radical (unpaired) electrons. The number of anilines is 1. The van der Waals surface area contributed by atoms with Crippen molar-refractivity contribution in [2.75, 3.05) is 19.0 Å². The van der Waals surface area contributed by atoms with Crippen LogP contribution in [0.5, 0.6) is 0 Å². The van der Waals surface area contributed by atoms with Crippen molar-refractivity contribution in [3.05, 3.63) is 41.5 Å². The Bertz CT molecular complexity index is 921. The lowest BCUT2D eigenvalue weighted by molar-refractivity contribution is -0.143. The van der Waals surface area contributed by atoms with Crippen LogP contribution in [0, 0.1) is 43.4 Å². The van der Waals surface area contributed by atoms with Crippen molar-refractivity contribution in [3.63, 3.8) is 0 Å². The summed E-state index contributed by atoms with van der Waals surface area (Å²) in [6, 6.07) is 4.48. The molecule has 0 aromatic heterocycles. The molecule has 1 fully saturated rings. The summed E-state index contributed by atoms with van der Waals surface area (Å²) in [5, 5.41) is 16.0. The van der Waals surface area contributed by atoms with Crippen molar-refractivity contribution < 1.29 is 19.5 Å². The number of carbonyl (C=O) groups excluding carboxylic acids is 3. The maximum Gasteiger partial charge on any atom is 0.247 e. The number of rotatable bonds is 7. The molecule has 180 valence electrons. The van der Waals surface area contributed by atoms with Crippen LogP contribution in [0.25, 0.3) is 0 Å². The lowest BCUT2D eigenvalue weighted by Gasteiger charge is -2.35. The molecule has 1 aliphatic carbocycles. The minimum absolute atomic E-state index is 0.0565. The molecule has 7 heteroatoms. The van der Waals surface area contributed by atoms with E-state index in [4.69, 9.17) is 0 Å². The second-order valence-electron chi connectivity index (χ2n) is 9.64. The van der Waals surface area contributed by atoms with Gasteiger partial charge in [-0.15, -0.1) is 0 Å². The molecular weight excluding hydrogens is 418 g/mol. The summed E-state index contributed by atoms with van der Waals surface area (Å²) < 4.78 is 0. The molecule has 1 aliphatic heterocycles. The number of likely N-dealkylation sites (tertiary alicyclic amines) is 1. The lowest BCUT2D eigenvalue weighted by atomic mass is 9.69. The molecule has 3 N–H and O–H groups in total. The normalized spacial score (nSPS) is 27.5. The number of hydrogen-bond acceptors (Lipinski definition) is 4. The van der Waals surface area contributed by atoms with Crippen LogP contribution in [0.2, 0.25) is 0 Å². The van der Waals surface area contributed by atoms with Gasteiger partial charge < -0.3 is 20.6 Å². The van der Waals surface area contributed by atoms with Gasteiger partial charge in [0.1, 0.15) is 6.04 Å². The number of nitrogens with zero attached hydrogens (tertiary/aromatic N) is 1. The largest absolute Gasteiger partial charge is 0.394 e. The van der Waals surface area contributed by atoms with E-state index >= 15 is 0 Å². The summed E-state index contributed by atoms with van der Waals surface area (Å²) >= 11 is 0. The standard InChI is InChI=1S/C26H37N3O4/c1-7-17-11-12-18-21(20(17)24(31)27-6)26(33)29(19(13-30)14(2)3)23(18)25(32)28-22-15(4)9-8-10-16(22)5/h8-12,14,17-21,23,30H,7,13H2,1-6H3,(H,27,31)(H,28,32)/t17-,18+,19+,20-,21+,23+/m1/s1. The summed E-state index contributed by atoms with van der Waals surface area (Å²) in [6.45, 7) is 9.47. The molecule has 3 rings (SSSR count). The number of carbonyl (C=O) groups is 3. The van der Waals surface area contributed by atoms with Gasteiger partial charge in [0.15, 0.2) is 0 Å². The average Bonchev–Trinajstić information content (AvgIpc) is 3.07. The number of aryl methyl sites for hydroxylation is 2. The Morgan fingerprint density at radius 3 is 2.27 bits per heavy atom. The highest BCUT2D eigenvalue weighted by atomic mass is 16.3. The van der Waals surface area contributed by atoms with E-state index in [1.54, 1.807) is 11.9 Å². The third-order valence-electron chi connectivity index (χ3n) is 7.38. The Labute approximate surface area is 196 Å². The highest BCUT2D eigenvalue weighted by molar-refractivity contribution is 6.02. The van der Waals surface area contributed by atoms with Crippen molar-refractivity contribution in [1.82, 2.24) is 10.2 Å². The number of hydrogen-bond donors (Lipinski definition) is 3. The number of aliphatic hydroxyl groups is 1. The smallest absolute Gasteiger partial charge is 0.247 e. The molecule has 0 bridgehead atoms. The molecule has 33 heavy (non-hydrogen) atoms. The first-order chi connectivity index (χ1) is 15.7. The number of aliphatic hydroxyl groups excluding tert-OH is 1. The molecule has 0 saturated carbocycles. The van der Waals surface area contributed by atoms with E-state index < -0.39 is 29.8 Å². The third-order valence-corrected chi connectivity index (χ3v) is 7.38. The number of benzene rings is 1. The van der Waals surface area contributed by atoms with Gasteiger partial charge in [-0.2, -0.15) is 0 Å². The molecule has 7 nitrogen and oxygen atoms in total. The minimum atomic E-state index is -0.803. The third kappa shape index (κ3) is 4.43. The van der Waals surface area contributed by atoms with E-state index in [2.05, 4.69) is 10.6 Å². The van der Waals surface area contributed by atoms with Crippen molar-refractivity contribution in [1.29, 1.82) is 0 Å². The van der Waals surface area contributed by atoms with Gasteiger partial charge >= 0.3 is 0 Å². The SMILES string of the molecule is CC[C@@H]1C=C[C@H]2[C@H](C(=O)N([C@@H](CO)C(C)C)[C@@H]2C(=O)Nc2c(C)cccc2C)[C@@H]1C(=O)NC. The van der Waals surface area contributed by atoms with Crippen LogP contribution in [0.4, 0.5) is 5.69 Å². The van der Waals surface area contributed by atoms with E-state index in [1.807, 2.05) is 65.0 Å². The topological polar surface area (TPSA) is 98.7 Å². The van der Waals surface area contributed by atoms with Crippen LogP contribution in [0.15, 0.2) is 30.4 Å². The number of nitrogens with one attached hydrogen (secondary N) is 2. The van der Waals surface area contributed by atoms with Gasteiger partial charge in [-0.05, 0) is 43.2 Å². The Morgan fingerprint density at radius 2 is 1.76 bits per heavy atom. The van der Waals surface area contributed by atoms with Gasteiger partial charge in [-0.25, -0.2) is 0 Å². The molecule has 1 heterocycles. The number of allylic oxidation sites excluding steroid dienone is 1. The van der Waals surface area contributed by atoms with Gasteiger partial charge in [-0.1, -0.05) is 51.1 Å². The predicted octanol–water partition coefficient (Wildman–Crippen LogP) is 2.66. The van der Waals surface area contributed by atoms with E-state index in [0.717, 1.165) is 23.2 Å². The quantitative estimate of drug-likeness (QED) is 0.551. The highest BCUT2D eigenvalue weighted by Crippen LogP contribution is 2.46. The fraction of sp³-hybridized carbons (Fsp3) is 0.577. The maximum absolute atomic E-state index is 13.9. The maximum atomic E-state index is 13.9. The Kier molecular flexibility index (Phi) is 7.62. The molecule has 1 aromatic carbocycles. The summed E-state index contributed by atoms with van der Waals surface area (Å²) in [4.78, 5) is 42.1. The summed E-state index contributed by atoms with van der Waals surface area (Å²) in [6.07, 6.45) is 4.65. The van der Waals surface area contributed by atoms with Crippen molar-refractivity contribution >= 4 is 23.4 Å². The van der Waals surface area contributed by atoms with E-state index in [0.29, 0.717) is 0 Å². The van der Waals surface area contributed by atoms with E-state index in [1.165, 1.54) is 0 Å². The zero-order chi connectivity index (χ0) is 24.4. The fourth-order valence-corrected chi connectivity index (χ4v) is 5.54. The minimum Gasteiger partial charge on any atom is -0.394 e. The van der Waals surface area contributed by atoms with Gasteiger partial charge in [0.25, 0.3) is 0 Å². The monoisotopic (exact) mass is 455 g/mol. The van der Waals surface area contributed by atoms with Crippen LogP contribution < -0.4 is 10.6 Å². The van der Waals surface area contributed by atoms with Gasteiger partial charge in [0, 0.05) is 18.7 Å². The zero-order valence-electron chi connectivity index (χ0n) is 20.5. The van der Waals surface area contributed by atoms with Crippen LogP contribution in [-0.2, 0) is 14.4 Å². The Morgan fingerprint density at radius 1 is 1.12 bits per heavy atom. The van der Waals surface area contributed by atoms with Crippen LogP contribution in [-0.4, -0.2) is 53.5 Å². The first-order valence-corrected chi connectivity index (χ1v) is 11.9. The molecular formula is C26H37N3O4. The van der Waals surface area contributed by atoms with Crippen LogP contribution in [0.1, 0.15) is 38.3 Å². The molecule has 3 amide bonds. The first-order valence-electron chi connectivity index (χ1n) is 11.9. The number of fused-ring (bicyclic) bond motifs is 1. The predicted molar refractivity (Wildman–Crippen MR) is 128 cm³/mol. The molecule has 2 aliphatic rings. The van der Waals surface area contributed by atoms with Crippen molar-refractivity contribution in [2.45, 2.75) is 53.1 Å². The summed E-state index contributed by atoms with van der Waals surface area (Å²) in [7, 11) is 1.58. The molecule has 0 spiro atoms. The second-order valence-corrected chi connectivity index (χ2v) is 9.64. The van der Waals surface area contributed by atoms with E-state index in [-0.39, 0.29) is 36.2 Å². The zero-order valence-corrected chi connectivity index (χ0v) is 20.5. The summed E-state index contributed by atoms with van der Waals surface area (Å²) in [5.41, 5.74) is 2.61. The van der Waals surface area contributed by atoms with Crippen LogP contribution >= 0.6 is 0 Å². The fourth-order valence-electron chi connectivity index (χ4n) is 5.54. The van der Waals surface area contributed by atoms with Crippen LogP contribution in [0.3, 0.4) is 0 Å². The second kappa shape index (κ2) is 10.1. The van der Waals surface area contributed by atoms with Crippen molar-refractivity contribution in [2.24, 2.45) is 29.6 Å². The van der Waals surface area contributed by atoms with E-state index in [9.17, 15) is 19.5 Å². The molecule has 1 aromatic rings. The number of amides is 3. The highest BCUT2D eigenvalue weighted by Gasteiger charge is 2.58. The number of para-hydroxylation sites is 1. The Balaban J connectivity index is 2.09. The van der Waals surface area contributed by atoms with Gasteiger partial charge in [-0.3, -0.25) is 14.4 Å². The first kappa shape index (κ1) is 25.0. The molecule has 0 unspecified atom stereocenters. The average molecular weight is 456 g/mol. The molecule has 1 saturated heterocycles. The van der Waals surface area contributed by atoms with Gasteiger partial charge in [0.2, 0.25) is 17.7 Å².